The normalized spacial score (nSPS) is 25.0. The second-order valence-corrected chi connectivity index (χ2v) is 16.8. The molecule has 5 fully saturated rings. The number of rotatable bonds is 10. The van der Waals surface area contributed by atoms with E-state index in [1.54, 1.807) is 22.5 Å². The zero-order chi connectivity index (χ0) is 40.7. The summed E-state index contributed by atoms with van der Waals surface area (Å²) in [6.45, 7) is 4.01. The summed E-state index contributed by atoms with van der Waals surface area (Å²) >= 11 is 0. The van der Waals surface area contributed by atoms with Crippen molar-refractivity contribution >= 4 is 51.6 Å². The number of fused-ring (bicyclic) bond motifs is 4. The van der Waals surface area contributed by atoms with Crippen LogP contribution < -0.4 is 26.1 Å². The number of ether oxygens (including phenoxy) is 1. The van der Waals surface area contributed by atoms with E-state index in [0.29, 0.717) is 23.7 Å². The number of benzene rings is 1. The van der Waals surface area contributed by atoms with Crippen molar-refractivity contribution in [1.29, 1.82) is 0 Å². The number of para-hydroxylation sites is 1. The fourth-order valence-electron chi connectivity index (χ4n) is 9.92. The van der Waals surface area contributed by atoms with E-state index >= 15 is 0 Å². The zero-order valence-electron chi connectivity index (χ0n) is 32.8. The number of carbonyl (C=O) groups excluding carboxylic acids is 3. The van der Waals surface area contributed by atoms with E-state index in [9.17, 15) is 28.0 Å². The molecule has 17 nitrogen and oxygen atoms in total. The molecule has 5 aromatic rings. The number of likely N-dealkylation sites (tertiary alicyclic amines) is 1. The number of alkyl halides is 2. The van der Waals surface area contributed by atoms with Crippen molar-refractivity contribution in [2.75, 3.05) is 55.0 Å². The fourth-order valence-corrected chi connectivity index (χ4v) is 9.92. The summed E-state index contributed by atoms with van der Waals surface area (Å²) in [5.41, 5.74) is 2.08. The number of aryl methyl sites for hydroxylation is 1. The maximum atomic E-state index is 14.3. The third kappa shape index (κ3) is 6.54. The second-order valence-electron chi connectivity index (χ2n) is 16.8. The molecule has 1 unspecified atom stereocenters. The zero-order valence-corrected chi connectivity index (χ0v) is 32.8. The van der Waals surface area contributed by atoms with Gasteiger partial charge in [-0.2, -0.15) is 10.2 Å². The van der Waals surface area contributed by atoms with Gasteiger partial charge in [0.15, 0.2) is 11.3 Å². The molecule has 1 aromatic carbocycles. The standard InChI is InChI=1S/C40H46F2N12O5/c1-48(29-4-3-5-30-35(29)49(2)40(58)54(30)31-10-11-33(55)46-39(31)57)25-17-50(18-25)16-22-6-8-23(9-7-22)53-20-28(34(47-53)36(41)42)44-38(56)27-15-43-52-13-12-32(45-37(27)52)51-19-26-14-24(51)21-59-26/h3-5,12-13,15,20,22-26,31,36H,6-11,14,16-19,21H2,1-2H3,(H,44,56)(H,46,55,57)/t22-,23-,24-,26-,31?/m1/s1. The fraction of sp³-hybridized carbons (Fsp3) is 0.525. The Bertz CT molecular complexity index is 2530. The number of piperidine rings is 1. The van der Waals surface area contributed by atoms with Gasteiger partial charge in [-0.15, -0.1) is 0 Å². The highest BCUT2D eigenvalue weighted by molar-refractivity contribution is 6.08. The lowest BCUT2D eigenvalue weighted by atomic mass is 9.85. The molecule has 8 heterocycles. The Morgan fingerprint density at radius 1 is 1.07 bits per heavy atom. The van der Waals surface area contributed by atoms with E-state index in [0.717, 1.165) is 75.3 Å². The molecule has 5 aliphatic rings. The first-order valence-electron chi connectivity index (χ1n) is 20.4. The van der Waals surface area contributed by atoms with Crippen molar-refractivity contribution in [2.24, 2.45) is 13.0 Å². The number of nitrogens with zero attached hydrogens (tertiary/aromatic N) is 10. The van der Waals surface area contributed by atoms with Crippen LogP contribution in [0.3, 0.4) is 0 Å². The van der Waals surface area contributed by atoms with Gasteiger partial charge >= 0.3 is 5.69 Å². The summed E-state index contributed by atoms with van der Waals surface area (Å²) < 4.78 is 40.5. The van der Waals surface area contributed by atoms with Crippen LogP contribution >= 0.6 is 0 Å². The molecule has 59 heavy (non-hydrogen) atoms. The first-order valence-corrected chi connectivity index (χ1v) is 20.4. The smallest absolute Gasteiger partial charge is 0.329 e. The van der Waals surface area contributed by atoms with E-state index in [1.807, 2.05) is 31.3 Å². The lowest BCUT2D eigenvalue weighted by Gasteiger charge is -2.47. The highest BCUT2D eigenvalue weighted by Crippen LogP contribution is 2.37. The highest BCUT2D eigenvalue weighted by atomic mass is 19.3. The number of nitrogens with one attached hydrogen (secondary N) is 2. The predicted molar refractivity (Wildman–Crippen MR) is 212 cm³/mol. The molecule has 3 atom stereocenters. The van der Waals surface area contributed by atoms with Gasteiger partial charge in [0, 0.05) is 59.1 Å². The molecule has 10 rings (SSSR count). The van der Waals surface area contributed by atoms with Gasteiger partial charge in [0.2, 0.25) is 11.8 Å². The number of imidazole rings is 1. The lowest BCUT2D eigenvalue weighted by molar-refractivity contribution is -0.135. The van der Waals surface area contributed by atoms with E-state index in [1.165, 1.54) is 21.5 Å². The number of imide groups is 1. The molecular weight excluding hydrogens is 767 g/mol. The Morgan fingerprint density at radius 3 is 2.61 bits per heavy atom. The average molecular weight is 813 g/mol. The molecule has 3 amide bonds. The minimum Gasteiger partial charge on any atom is -0.374 e. The van der Waals surface area contributed by atoms with Gasteiger partial charge in [0.1, 0.15) is 17.4 Å². The number of likely N-dealkylation sites (N-methyl/N-ethyl adjacent to an activating group) is 1. The Hall–Kier alpha value is -5.69. The van der Waals surface area contributed by atoms with Crippen LogP contribution in [0.5, 0.6) is 0 Å². The molecule has 19 heteroatoms. The van der Waals surface area contributed by atoms with Crippen LogP contribution in [0.4, 0.5) is 26.0 Å². The number of amides is 3. The van der Waals surface area contributed by atoms with E-state index in [-0.39, 0.29) is 59.9 Å². The largest absolute Gasteiger partial charge is 0.374 e. The second kappa shape index (κ2) is 14.5. The summed E-state index contributed by atoms with van der Waals surface area (Å²) in [6.07, 6.45) is 6.80. The topological polar surface area (TPSA) is 169 Å². The number of halogens is 2. The highest BCUT2D eigenvalue weighted by Gasteiger charge is 2.40. The van der Waals surface area contributed by atoms with Gasteiger partial charge in [-0.3, -0.25) is 38.4 Å². The number of hydrogen-bond acceptors (Lipinski definition) is 11. The van der Waals surface area contributed by atoms with Crippen LogP contribution in [0, 0.1) is 5.92 Å². The number of aromatic nitrogens is 7. The summed E-state index contributed by atoms with van der Waals surface area (Å²) in [7, 11) is 3.75. The van der Waals surface area contributed by atoms with E-state index in [4.69, 9.17) is 9.72 Å². The molecule has 2 N–H and O–H groups in total. The number of hydrogen-bond donors (Lipinski definition) is 2. The van der Waals surface area contributed by atoms with Crippen LogP contribution in [-0.4, -0.2) is 114 Å². The van der Waals surface area contributed by atoms with Gasteiger partial charge in [0.05, 0.1) is 59.4 Å². The van der Waals surface area contributed by atoms with Crippen molar-refractivity contribution in [3.63, 3.8) is 0 Å². The van der Waals surface area contributed by atoms with Crippen molar-refractivity contribution < 1.29 is 27.9 Å². The maximum Gasteiger partial charge on any atom is 0.329 e. The molecule has 0 radical (unpaired) electrons. The van der Waals surface area contributed by atoms with Crippen molar-refractivity contribution in [3.05, 3.63) is 64.6 Å². The maximum absolute atomic E-state index is 14.3. The molecule has 310 valence electrons. The Morgan fingerprint density at radius 2 is 1.88 bits per heavy atom. The lowest BCUT2D eigenvalue weighted by Crippen LogP contribution is -2.59. The van der Waals surface area contributed by atoms with Gasteiger partial charge in [-0.1, -0.05) is 6.07 Å². The van der Waals surface area contributed by atoms with Gasteiger partial charge < -0.3 is 19.9 Å². The summed E-state index contributed by atoms with van der Waals surface area (Å²) in [5, 5.41) is 13.6. The van der Waals surface area contributed by atoms with Crippen molar-refractivity contribution in [2.45, 2.75) is 81.6 Å². The minimum atomic E-state index is -2.87. The average Bonchev–Trinajstić information content (AvgIpc) is 4.06. The first kappa shape index (κ1) is 37.6. The Balaban J connectivity index is 0.757. The molecule has 4 aliphatic heterocycles. The van der Waals surface area contributed by atoms with Crippen LogP contribution in [0.25, 0.3) is 16.7 Å². The van der Waals surface area contributed by atoms with Crippen LogP contribution in [-0.2, 0) is 21.4 Å². The van der Waals surface area contributed by atoms with Gasteiger partial charge in [-0.05, 0) is 62.6 Å². The monoisotopic (exact) mass is 812 g/mol. The van der Waals surface area contributed by atoms with E-state index < -0.39 is 30.0 Å². The Kier molecular flexibility index (Phi) is 9.26. The number of carbonyl (C=O) groups is 3. The summed E-state index contributed by atoms with van der Waals surface area (Å²) in [6, 6.07) is 7.26. The third-order valence-electron chi connectivity index (χ3n) is 13.2. The van der Waals surface area contributed by atoms with Gasteiger partial charge in [-0.25, -0.2) is 23.1 Å². The molecular formula is C40H46F2N12O5. The molecule has 0 spiro atoms. The predicted octanol–water partition coefficient (Wildman–Crippen LogP) is 3.28. The molecule has 1 aliphatic carbocycles. The SMILES string of the molecule is CN(c1cccc2c1n(C)c(=O)n2C1CCC(=O)NC1=O)C1CN(C[C@H]2CC[C@H](n3cc(NC(=O)c4cnn5ccc(N6C[C@H]7C[C@@H]6CO7)nc45)c(C(F)F)n3)CC2)C1. The molecule has 2 bridgehead atoms. The molecule has 4 saturated heterocycles. The number of morpholine rings is 1. The van der Waals surface area contributed by atoms with Crippen LogP contribution in [0.2, 0.25) is 0 Å². The molecule has 4 aromatic heterocycles. The summed E-state index contributed by atoms with van der Waals surface area (Å²) in [5.74, 6) is -0.184. The third-order valence-corrected chi connectivity index (χ3v) is 13.2. The van der Waals surface area contributed by atoms with Crippen molar-refractivity contribution in [3.8, 4) is 0 Å². The van der Waals surface area contributed by atoms with Crippen LogP contribution in [0.1, 0.15) is 79.5 Å². The quantitative estimate of drug-likeness (QED) is 0.199. The van der Waals surface area contributed by atoms with Crippen LogP contribution in [0.15, 0.2) is 47.7 Å². The van der Waals surface area contributed by atoms with Crippen molar-refractivity contribution in [1.82, 2.24) is 43.7 Å². The first-order chi connectivity index (χ1) is 28.5. The van der Waals surface area contributed by atoms with E-state index in [2.05, 4.69) is 35.5 Å². The molecule has 1 saturated carbocycles. The minimum absolute atomic E-state index is 0.0179. The van der Waals surface area contributed by atoms with Gasteiger partial charge in [0.25, 0.3) is 12.3 Å². The Labute approximate surface area is 336 Å². The number of anilines is 3. The summed E-state index contributed by atoms with van der Waals surface area (Å²) in [4.78, 5) is 63.0.